The van der Waals surface area contributed by atoms with Crippen molar-refractivity contribution < 1.29 is 64.6 Å². The molecule has 1 aliphatic heterocycles. The summed E-state index contributed by atoms with van der Waals surface area (Å²) < 4.78 is 34.4. The third-order valence-corrected chi connectivity index (χ3v) is 5.39. The van der Waals surface area contributed by atoms with Gasteiger partial charge < -0.3 is 21.5 Å². The van der Waals surface area contributed by atoms with Crippen LogP contribution in [0, 0.1) is 11.8 Å². The van der Waals surface area contributed by atoms with Gasteiger partial charge in [-0.3, -0.25) is 4.79 Å². The quantitative estimate of drug-likeness (QED) is 0.349. The zero-order valence-corrected chi connectivity index (χ0v) is 18.6. The molecule has 1 heterocycles. The molecule has 156 valence electrons. The van der Waals surface area contributed by atoms with Gasteiger partial charge in [-0.1, -0.05) is 44.1 Å². The summed E-state index contributed by atoms with van der Waals surface area (Å²) in [5.74, 6) is -2.03. The zero-order valence-electron chi connectivity index (χ0n) is 17.6. The number of carboxylic acids is 1. The van der Waals surface area contributed by atoms with E-state index in [-0.39, 0.29) is 50.2 Å². The Bertz CT molecular complexity index is 551. The number of hydrogen-bond acceptors (Lipinski definition) is 4. The van der Waals surface area contributed by atoms with Gasteiger partial charge in [-0.15, -0.1) is 0 Å². The molecule has 3 N–H and O–H groups in total. The number of alkyl halides is 2. The number of fused-ring (bicyclic) bond motifs is 1. The molecule has 0 aromatic carbocycles. The Hall–Kier alpha value is -0.310. The van der Waals surface area contributed by atoms with E-state index < -0.39 is 54.6 Å². The molecule has 3 unspecified atom stereocenters. The van der Waals surface area contributed by atoms with Gasteiger partial charge in [0.05, 0.1) is 12.2 Å². The van der Waals surface area contributed by atoms with Crippen molar-refractivity contribution in [3.63, 3.8) is 0 Å². The van der Waals surface area contributed by atoms with Crippen molar-refractivity contribution in [2.24, 2.45) is 11.8 Å². The van der Waals surface area contributed by atoms with Crippen molar-refractivity contribution in [3.8, 4) is 0 Å². The number of aliphatic hydroxyl groups is 2. The summed E-state index contributed by atoms with van der Waals surface area (Å²) in [6.07, 6.45) is 2.29. The Kier molecular flexibility index (Phi) is 11.4. The molecule has 0 radical (unpaired) electrons. The first kappa shape index (κ1) is 25.7. The number of carbonyl (C=O) groups is 1. The largest absolute Gasteiger partial charge is 1.00 e. The Morgan fingerprint density at radius 3 is 2.75 bits per heavy atom. The van der Waals surface area contributed by atoms with Gasteiger partial charge in [-0.25, -0.2) is 8.78 Å². The number of rotatable bonds is 10. The summed E-state index contributed by atoms with van der Waals surface area (Å²) in [7, 11) is 0. The summed E-state index contributed by atoms with van der Waals surface area (Å²) in [6, 6.07) is 0. The number of unbranched alkanes of at least 4 members (excludes halogenated alkanes) is 1. The smallest absolute Gasteiger partial charge is 1.00 e. The topological polar surface area (TPSA) is 87.0 Å². The van der Waals surface area contributed by atoms with E-state index in [1.807, 2.05) is 6.92 Å². The van der Waals surface area contributed by atoms with Crippen LogP contribution in [0.1, 0.15) is 46.9 Å². The summed E-state index contributed by atoms with van der Waals surface area (Å²) in [6.45, 7) is 1.94. The predicted octanol–water partition coefficient (Wildman–Crippen LogP) is 0.0718. The molecule has 8 heteroatoms. The molecule has 0 spiro atoms. The standard InChI is InChI=1S/C20H30F2O5.Na.H/c1-2-3-6-13(21)14(23)10-9-12-15(24)11-17-19(12)20(22)16(27-17)7-4-5-8-18(25)26;;/h4,7,9-10,12-17,19-20,23-24H,2-3,5-6,8,11H2,1H3,(H,25,26);;/q;+1;-1/b7-4+,10-9+;;/t12-,13?,14+,15+,16?,17-,19+,20?;;/m0../s1. The minimum atomic E-state index is -1.37. The molecule has 2 rings (SSSR count). The summed E-state index contributed by atoms with van der Waals surface area (Å²) in [4.78, 5) is 10.5. The monoisotopic (exact) mass is 412 g/mol. The van der Waals surface area contributed by atoms with Crippen molar-refractivity contribution in [3.05, 3.63) is 24.3 Å². The van der Waals surface area contributed by atoms with Crippen molar-refractivity contribution in [2.75, 3.05) is 0 Å². The minimum absolute atomic E-state index is 0. The van der Waals surface area contributed by atoms with Crippen LogP contribution >= 0.6 is 0 Å². The SMILES string of the molecule is CCCCC(F)[C@H](O)/C=C/[C@@H]1[C@H]2C(F)C(/C=C/CCC(=O)O)O[C@H]2C[C@H]1O.[H-].[Na+]. The second-order valence-electron chi connectivity index (χ2n) is 7.44. The fraction of sp³-hybridized carbons (Fsp3) is 0.750. The number of ether oxygens (including phenoxy) is 1. The first-order valence-electron chi connectivity index (χ1n) is 9.71. The third kappa shape index (κ3) is 6.89. The zero-order chi connectivity index (χ0) is 20.0. The number of aliphatic hydroxyl groups excluding tert-OH is 2. The number of halogens is 2. The van der Waals surface area contributed by atoms with Gasteiger partial charge in [0.1, 0.15) is 24.6 Å². The Balaban J connectivity index is 0.00000392. The minimum Gasteiger partial charge on any atom is -1.00 e. The van der Waals surface area contributed by atoms with Crippen LogP contribution in [0.5, 0.6) is 0 Å². The molecule has 1 saturated heterocycles. The molecule has 0 amide bonds. The molecular weight excluding hydrogens is 381 g/mol. The summed E-state index contributed by atoms with van der Waals surface area (Å²) in [5, 5.41) is 28.7. The van der Waals surface area contributed by atoms with Crippen molar-refractivity contribution >= 4 is 5.97 Å². The van der Waals surface area contributed by atoms with Crippen LogP contribution in [-0.4, -0.2) is 58.0 Å². The fourth-order valence-corrected chi connectivity index (χ4v) is 3.89. The average Bonchev–Trinajstić information content (AvgIpc) is 3.09. The van der Waals surface area contributed by atoms with Crippen LogP contribution in [0.3, 0.4) is 0 Å². The second kappa shape index (κ2) is 12.4. The molecule has 8 atom stereocenters. The number of allylic oxidation sites excluding steroid dienone is 1. The maximum atomic E-state index is 14.8. The van der Waals surface area contributed by atoms with Crippen molar-refractivity contribution in [1.82, 2.24) is 0 Å². The van der Waals surface area contributed by atoms with Crippen molar-refractivity contribution in [2.45, 2.75) is 82.2 Å². The molecule has 2 aliphatic rings. The summed E-state index contributed by atoms with van der Waals surface area (Å²) in [5.41, 5.74) is 0. The van der Waals surface area contributed by atoms with Gasteiger partial charge in [-0.05, 0) is 12.8 Å². The molecule has 28 heavy (non-hydrogen) atoms. The Labute approximate surface area is 188 Å². The third-order valence-electron chi connectivity index (χ3n) is 5.39. The van der Waals surface area contributed by atoms with E-state index in [1.165, 1.54) is 18.2 Å². The first-order valence-corrected chi connectivity index (χ1v) is 9.71. The maximum absolute atomic E-state index is 14.8. The first-order chi connectivity index (χ1) is 12.8. The van der Waals surface area contributed by atoms with Crippen LogP contribution in [0.15, 0.2) is 24.3 Å². The van der Waals surface area contributed by atoms with Gasteiger partial charge in [0, 0.05) is 24.7 Å². The van der Waals surface area contributed by atoms with Gasteiger partial charge in [-0.2, -0.15) is 0 Å². The molecule has 1 saturated carbocycles. The fourth-order valence-electron chi connectivity index (χ4n) is 3.89. The number of aliphatic carboxylic acids is 1. The maximum Gasteiger partial charge on any atom is 1.00 e. The molecule has 5 nitrogen and oxygen atoms in total. The van der Waals surface area contributed by atoms with E-state index in [0.29, 0.717) is 12.8 Å². The van der Waals surface area contributed by atoms with Gasteiger partial charge in [0.25, 0.3) is 0 Å². The van der Waals surface area contributed by atoms with Gasteiger partial charge >= 0.3 is 35.5 Å². The second-order valence-corrected chi connectivity index (χ2v) is 7.44. The average molecular weight is 412 g/mol. The Morgan fingerprint density at radius 2 is 2.11 bits per heavy atom. The van der Waals surface area contributed by atoms with Gasteiger partial charge in [0.2, 0.25) is 0 Å². The predicted molar refractivity (Wildman–Crippen MR) is 97.9 cm³/mol. The molecule has 0 bridgehead atoms. The molecule has 1 aliphatic carbocycles. The van der Waals surface area contributed by atoms with Crippen LogP contribution in [0.4, 0.5) is 8.78 Å². The van der Waals surface area contributed by atoms with E-state index in [2.05, 4.69) is 0 Å². The van der Waals surface area contributed by atoms with Gasteiger partial charge in [0.15, 0.2) is 0 Å². The number of hydrogen-bond donors (Lipinski definition) is 3. The van der Waals surface area contributed by atoms with Crippen LogP contribution in [0.25, 0.3) is 0 Å². The summed E-state index contributed by atoms with van der Waals surface area (Å²) >= 11 is 0. The van der Waals surface area contributed by atoms with E-state index >= 15 is 0 Å². The van der Waals surface area contributed by atoms with E-state index in [1.54, 1.807) is 6.08 Å². The Morgan fingerprint density at radius 1 is 1.39 bits per heavy atom. The van der Waals surface area contributed by atoms with E-state index in [0.717, 1.165) is 6.42 Å². The van der Waals surface area contributed by atoms with E-state index in [4.69, 9.17) is 9.84 Å². The van der Waals surface area contributed by atoms with E-state index in [9.17, 15) is 23.8 Å². The van der Waals surface area contributed by atoms with Crippen LogP contribution < -0.4 is 29.6 Å². The molecular formula is C20H31F2NaO5. The number of carboxylic acid groups (broad SMARTS) is 1. The van der Waals surface area contributed by atoms with Crippen molar-refractivity contribution in [1.29, 1.82) is 0 Å². The normalized spacial score (nSPS) is 34.5. The van der Waals surface area contributed by atoms with Crippen LogP contribution in [-0.2, 0) is 9.53 Å². The molecule has 2 fully saturated rings. The molecule has 0 aromatic rings. The van der Waals surface area contributed by atoms with Crippen LogP contribution in [0.2, 0.25) is 0 Å². The molecule has 0 aromatic heterocycles.